The summed E-state index contributed by atoms with van der Waals surface area (Å²) < 4.78 is 6.95. The molecular formula is C17H25NOS. The molecule has 0 bridgehead atoms. The highest BCUT2D eigenvalue weighted by Gasteiger charge is 2.13. The maximum Gasteiger partial charge on any atom is 0.0518 e. The zero-order valence-electron chi connectivity index (χ0n) is 12.9. The van der Waals surface area contributed by atoms with Gasteiger partial charge in [0.1, 0.15) is 0 Å². The second-order valence-corrected chi connectivity index (χ2v) is 6.62. The van der Waals surface area contributed by atoms with E-state index in [4.69, 9.17) is 4.74 Å². The molecule has 1 aromatic carbocycles. The largest absolute Gasteiger partial charge is 0.379 e. The Hall–Kier alpha value is -0.900. The van der Waals surface area contributed by atoms with E-state index in [9.17, 15) is 0 Å². The fourth-order valence-electron chi connectivity index (χ4n) is 2.41. The quantitative estimate of drug-likeness (QED) is 0.748. The van der Waals surface area contributed by atoms with Crippen LogP contribution in [0.5, 0.6) is 0 Å². The number of rotatable bonds is 7. The molecule has 1 heterocycles. The molecule has 1 N–H and O–H groups in total. The van der Waals surface area contributed by atoms with Crippen LogP contribution in [0, 0.1) is 6.92 Å². The van der Waals surface area contributed by atoms with E-state index in [-0.39, 0.29) is 0 Å². The number of hydrogen-bond donors (Lipinski definition) is 1. The number of fused-ring (bicyclic) bond motifs is 1. The highest BCUT2D eigenvalue weighted by atomic mass is 32.1. The first kappa shape index (κ1) is 15.5. The lowest BCUT2D eigenvalue weighted by Gasteiger charge is -2.14. The summed E-state index contributed by atoms with van der Waals surface area (Å²) in [7, 11) is 0. The number of hydrogen-bond acceptors (Lipinski definition) is 3. The molecule has 0 fully saturated rings. The van der Waals surface area contributed by atoms with Crippen LogP contribution in [0.3, 0.4) is 0 Å². The zero-order chi connectivity index (χ0) is 14.5. The third-order valence-electron chi connectivity index (χ3n) is 3.50. The summed E-state index contributed by atoms with van der Waals surface area (Å²) in [5, 5.41) is 5.00. The number of ether oxygens (including phenoxy) is 1. The normalized spacial score (nSPS) is 13.2. The van der Waals surface area contributed by atoms with Gasteiger partial charge in [-0.15, -0.1) is 11.3 Å². The third kappa shape index (κ3) is 3.81. The molecule has 0 aliphatic rings. The smallest absolute Gasteiger partial charge is 0.0518 e. The van der Waals surface area contributed by atoms with Gasteiger partial charge in [0.25, 0.3) is 0 Å². The molecule has 2 aromatic rings. The minimum atomic E-state index is 0.331. The van der Waals surface area contributed by atoms with Gasteiger partial charge in [-0.2, -0.15) is 0 Å². The molecule has 0 amide bonds. The lowest BCUT2D eigenvalue weighted by molar-refractivity contribution is 0.0768. The molecule has 2 rings (SSSR count). The number of aryl methyl sites for hydroxylation is 1. The summed E-state index contributed by atoms with van der Waals surface area (Å²) in [6.45, 7) is 10.5. The van der Waals surface area contributed by atoms with E-state index >= 15 is 0 Å². The summed E-state index contributed by atoms with van der Waals surface area (Å²) in [4.78, 5) is 1.45. The van der Waals surface area contributed by atoms with Gasteiger partial charge in [-0.3, -0.25) is 0 Å². The average Bonchev–Trinajstić information content (AvgIpc) is 2.76. The monoisotopic (exact) mass is 291 g/mol. The topological polar surface area (TPSA) is 21.3 Å². The van der Waals surface area contributed by atoms with E-state index in [0.29, 0.717) is 12.1 Å². The fourth-order valence-corrected chi connectivity index (χ4v) is 3.65. The first-order chi connectivity index (χ1) is 9.59. The van der Waals surface area contributed by atoms with Crippen LogP contribution in [0.2, 0.25) is 0 Å². The highest BCUT2D eigenvalue weighted by Crippen LogP contribution is 2.34. The van der Waals surface area contributed by atoms with Crippen molar-refractivity contribution < 1.29 is 4.74 Å². The summed E-state index contributed by atoms with van der Waals surface area (Å²) in [5.41, 5.74) is 1.42. The van der Waals surface area contributed by atoms with Crippen molar-refractivity contribution in [2.75, 3.05) is 13.2 Å². The molecule has 0 radical (unpaired) electrons. The predicted octanol–water partition coefficient (Wildman–Crippen LogP) is 4.68. The number of nitrogens with one attached hydrogen (secondary N) is 1. The van der Waals surface area contributed by atoms with Crippen molar-refractivity contribution in [2.24, 2.45) is 0 Å². The van der Waals surface area contributed by atoms with Crippen LogP contribution in [0.4, 0.5) is 0 Å². The summed E-state index contributed by atoms with van der Waals surface area (Å²) in [6, 6.07) is 9.07. The maximum absolute atomic E-state index is 5.56. The number of thiophene rings is 1. The molecule has 0 aliphatic carbocycles. The van der Waals surface area contributed by atoms with Crippen LogP contribution in [0.25, 0.3) is 10.1 Å². The first-order valence-corrected chi connectivity index (χ1v) is 8.24. The van der Waals surface area contributed by atoms with Crippen molar-refractivity contribution in [3.05, 3.63) is 34.7 Å². The van der Waals surface area contributed by atoms with Crippen molar-refractivity contribution in [3.8, 4) is 0 Å². The second kappa shape index (κ2) is 7.21. The Morgan fingerprint density at radius 2 is 1.95 bits per heavy atom. The molecule has 0 spiro atoms. The first-order valence-electron chi connectivity index (χ1n) is 7.42. The lowest BCUT2D eigenvalue weighted by atomic mass is 10.1. The van der Waals surface area contributed by atoms with Gasteiger partial charge in [0, 0.05) is 22.2 Å². The minimum Gasteiger partial charge on any atom is -0.379 e. The molecule has 1 aromatic heterocycles. The third-order valence-corrected chi connectivity index (χ3v) is 4.95. The Balaban J connectivity index is 1.91. The van der Waals surface area contributed by atoms with Crippen molar-refractivity contribution in [1.82, 2.24) is 5.32 Å². The van der Waals surface area contributed by atoms with Crippen molar-refractivity contribution in [2.45, 2.75) is 46.3 Å². The van der Waals surface area contributed by atoms with E-state index in [1.807, 2.05) is 11.3 Å². The Morgan fingerprint density at radius 1 is 1.20 bits per heavy atom. The molecule has 2 nitrogen and oxygen atoms in total. The molecule has 0 saturated heterocycles. The van der Waals surface area contributed by atoms with Crippen molar-refractivity contribution in [1.29, 1.82) is 0 Å². The Kier molecular flexibility index (Phi) is 5.58. The molecule has 1 unspecified atom stereocenters. The van der Waals surface area contributed by atoms with Crippen LogP contribution < -0.4 is 5.32 Å². The molecule has 1 atom stereocenters. The molecule has 110 valence electrons. The van der Waals surface area contributed by atoms with Crippen LogP contribution in [0.1, 0.15) is 43.7 Å². The van der Waals surface area contributed by atoms with E-state index in [2.05, 4.69) is 57.3 Å². The van der Waals surface area contributed by atoms with Gasteiger partial charge >= 0.3 is 0 Å². The molecule has 0 saturated carbocycles. The van der Waals surface area contributed by atoms with Crippen LogP contribution in [-0.4, -0.2) is 19.3 Å². The molecule has 20 heavy (non-hydrogen) atoms. The van der Waals surface area contributed by atoms with Gasteiger partial charge in [0.05, 0.1) is 6.10 Å². The van der Waals surface area contributed by atoms with Crippen LogP contribution >= 0.6 is 11.3 Å². The van der Waals surface area contributed by atoms with E-state index in [0.717, 1.165) is 19.6 Å². The van der Waals surface area contributed by atoms with Crippen molar-refractivity contribution >= 4 is 21.4 Å². The van der Waals surface area contributed by atoms with E-state index in [1.54, 1.807) is 0 Å². The van der Waals surface area contributed by atoms with Gasteiger partial charge in [0.2, 0.25) is 0 Å². The van der Waals surface area contributed by atoms with Gasteiger partial charge < -0.3 is 10.1 Å². The second-order valence-electron chi connectivity index (χ2n) is 5.54. The SMILES string of the molecule is Cc1c(C(C)NCCCOC(C)C)sc2ccccc12. The molecule has 0 aliphatic heterocycles. The zero-order valence-corrected chi connectivity index (χ0v) is 13.7. The van der Waals surface area contributed by atoms with Gasteiger partial charge in [-0.1, -0.05) is 18.2 Å². The number of benzene rings is 1. The maximum atomic E-state index is 5.56. The summed E-state index contributed by atoms with van der Waals surface area (Å²) in [5.74, 6) is 0. The van der Waals surface area contributed by atoms with Gasteiger partial charge in [-0.25, -0.2) is 0 Å². The Morgan fingerprint density at radius 3 is 2.65 bits per heavy atom. The molecular weight excluding hydrogens is 266 g/mol. The highest BCUT2D eigenvalue weighted by molar-refractivity contribution is 7.19. The van der Waals surface area contributed by atoms with E-state index in [1.165, 1.54) is 20.5 Å². The fraction of sp³-hybridized carbons (Fsp3) is 0.529. The Labute approximate surface area is 126 Å². The van der Waals surface area contributed by atoms with E-state index < -0.39 is 0 Å². The summed E-state index contributed by atoms with van der Waals surface area (Å²) >= 11 is 1.91. The minimum absolute atomic E-state index is 0.331. The van der Waals surface area contributed by atoms with Crippen LogP contribution in [-0.2, 0) is 4.74 Å². The van der Waals surface area contributed by atoms with Gasteiger partial charge in [-0.05, 0) is 57.7 Å². The Bertz CT molecular complexity index is 547. The predicted molar refractivity (Wildman–Crippen MR) is 88.7 cm³/mol. The van der Waals surface area contributed by atoms with Crippen LogP contribution in [0.15, 0.2) is 24.3 Å². The standard InChI is InChI=1S/C17H25NOS/c1-12(2)19-11-7-10-18-14(4)17-13(3)15-8-5-6-9-16(15)20-17/h5-6,8-9,12,14,18H,7,10-11H2,1-4H3. The lowest BCUT2D eigenvalue weighted by Crippen LogP contribution is -2.21. The van der Waals surface area contributed by atoms with Crippen molar-refractivity contribution in [3.63, 3.8) is 0 Å². The average molecular weight is 291 g/mol. The summed E-state index contributed by atoms with van der Waals surface area (Å²) in [6.07, 6.45) is 1.39. The van der Waals surface area contributed by atoms with Gasteiger partial charge in [0.15, 0.2) is 0 Å². The molecule has 3 heteroatoms.